The summed E-state index contributed by atoms with van der Waals surface area (Å²) in [5, 5.41) is 0. The summed E-state index contributed by atoms with van der Waals surface area (Å²) in [7, 11) is 0. The molecule has 0 radical (unpaired) electrons. The van der Waals surface area contributed by atoms with Gasteiger partial charge < -0.3 is 0 Å². The van der Waals surface area contributed by atoms with Gasteiger partial charge in [0.25, 0.3) is 0 Å². The standard InChI is InChI=1S/C40H48/c1-21-13-22(2)34-17-33(21)29(9)35-18-36(24(4)14-23(35)3)31(11)39-20-40(28(8)16-27(39)7)32(12)38-19-37(30(34)10)25(5)15-26(38)6/h13-20,29-32H,1-12H3. The van der Waals surface area contributed by atoms with Crippen molar-refractivity contribution < 1.29 is 0 Å². The number of benzene rings is 4. The molecule has 0 nitrogen and oxygen atoms in total. The fraction of sp³-hybridized carbons (Fsp3) is 0.400. The first-order valence-corrected chi connectivity index (χ1v) is 15.2. The molecule has 1 aliphatic rings. The first kappa shape index (κ1) is 28.4. The van der Waals surface area contributed by atoms with Gasteiger partial charge in [-0.2, -0.15) is 0 Å². The third-order valence-electron chi connectivity index (χ3n) is 10.4. The van der Waals surface area contributed by atoms with Crippen LogP contribution in [0.25, 0.3) is 0 Å². The van der Waals surface area contributed by atoms with Crippen LogP contribution in [0.1, 0.15) is 140 Å². The first-order chi connectivity index (χ1) is 18.8. The van der Waals surface area contributed by atoms with E-state index in [1.807, 2.05) is 0 Å². The van der Waals surface area contributed by atoms with E-state index >= 15 is 0 Å². The van der Waals surface area contributed by atoms with Crippen molar-refractivity contribution in [2.75, 3.05) is 0 Å². The quantitative estimate of drug-likeness (QED) is 0.213. The molecule has 0 spiro atoms. The van der Waals surface area contributed by atoms with Crippen molar-refractivity contribution >= 4 is 0 Å². The number of aryl methyl sites for hydroxylation is 8. The van der Waals surface area contributed by atoms with Crippen molar-refractivity contribution in [3.63, 3.8) is 0 Å². The molecule has 0 atom stereocenters. The second kappa shape index (κ2) is 10.4. The van der Waals surface area contributed by atoms with Gasteiger partial charge in [-0.25, -0.2) is 0 Å². The van der Waals surface area contributed by atoms with E-state index in [0.29, 0.717) is 23.7 Å². The Morgan fingerprint density at radius 1 is 0.250 bits per heavy atom. The Bertz CT molecular complexity index is 1280. The summed E-state index contributed by atoms with van der Waals surface area (Å²) in [6.07, 6.45) is 0. The van der Waals surface area contributed by atoms with Gasteiger partial charge in [0.05, 0.1) is 0 Å². The van der Waals surface area contributed by atoms with Crippen molar-refractivity contribution in [1.29, 1.82) is 0 Å². The highest BCUT2D eigenvalue weighted by molar-refractivity contribution is 5.55. The Hall–Kier alpha value is -3.12. The summed E-state index contributed by atoms with van der Waals surface area (Å²) >= 11 is 0. The van der Waals surface area contributed by atoms with E-state index < -0.39 is 0 Å². The van der Waals surface area contributed by atoms with Gasteiger partial charge in [-0.1, -0.05) is 76.2 Å². The molecule has 0 aliphatic heterocycles. The summed E-state index contributed by atoms with van der Waals surface area (Å²) in [5.41, 5.74) is 22.8. The van der Waals surface area contributed by atoms with Gasteiger partial charge in [-0.3, -0.25) is 0 Å². The van der Waals surface area contributed by atoms with Crippen LogP contribution in [-0.2, 0) is 0 Å². The molecule has 0 N–H and O–H groups in total. The van der Waals surface area contributed by atoms with Crippen molar-refractivity contribution in [1.82, 2.24) is 0 Å². The zero-order chi connectivity index (χ0) is 29.2. The Labute approximate surface area is 243 Å². The van der Waals surface area contributed by atoms with Crippen molar-refractivity contribution in [3.8, 4) is 0 Å². The molecule has 4 aromatic carbocycles. The zero-order valence-electron chi connectivity index (χ0n) is 26.9. The lowest BCUT2D eigenvalue weighted by atomic mass is 9.76. The average molecular weight is 529 g/mol. The predicted octanol–water partition coefficient (Wildman–Crippen LogP) is 11.1. The minimum Gasteiger partial charge on any atom is -0.0558 e. The summed E-state index contributed by atoms with van der Waals surface area (Å²) in [6.45, 7) is 28.0. The number of rotatable bonds is 0. The van der Waals surface area contributed by atoms with E-state index in [0.717, 1.165) is 0 Å². The second-order valence-electron chi connectivity index (χ2n) is 13.1. The Morgan fingerprint density at radius 2 is 0.375 bits per heavy atom. The molecule has 0 saturated heterocycles. The Morgan fingerprint density at radius 3 is 0.500 bits per heavy atom. The molecule has 40 heavy (non-hydrogen) atoms. The van der Waals surface area contributed by atoms with Crippen molar-refractivity contribution in [2.45, 2.75) is 107 Å². The van der Waals surface area contributed by atoms with E-state index in [1.165, 1.54) is 89.0 Å². The normalized spacial score (nSPS) is 20.5. The van der Waals surface area contributed by atoms with Gasteiger partial charge in [0.1, 0.15) is 0 Å². The van der Waals surface area contributed by atoms with Crippen LogP contribution in [0.4, 0.5) is 0 Å². The molecular weight excluding hydrogens is 480 g/mol. The predicted molar refractivity (Wildman–Crippen MR) is 174 cm³/mol. The van der Waals surface area contributed by atoms with Gasteiger partial charge >= 0.3 is 0 Å². The maximum absolute atomic E-state index is 2.54. The molecule has 5 rings (SSSR count). The van der Waals surface area contributed by atoms with Crippen LogP contribution in [-0.4, -0.2) is 0 Å². The zero-order valence-corrected chi connectivity index (χ0v) is 26.9. The lowest BCUT2D eigenvalue weighted by Gasteiger charge is -2.28. The summed E-state index contributed by atoms with van der Waals surface area (Å²) in [6, 6.07) is 19.9. The molecule has 0 aromatic heterocycles. The fourth-order valence-corrected chi connectivity index (χ4v) is 7.95. The highest BCUT2D eigenvalue weighted by atomic mass is 14.3. The molecule has 208 valence electrons. The first-order valence-electron chi connectivity index (χ1n) is 15.2. The maximum atomic E-state index is 2.54. The monoisotopic (exact) mass is 528 g/mol. The van der Waals surface area contributed by atoms with Gasteiger partial charge in [-0.05, 0) is 144 Å². The fourth-order valence-electron chi connectivity index (χ4n) is 7.95. The van der Waals surface area contributed by atoms with Crippen LogP contribution in [0, 0.1) is 55.4 Å². The lowest BCUT2D eigenvalue weighted by molar-refractivity contribution is 0.827. The molecule has 0 unspecified atom stereocenters. The van der Waals surface area contributed by atoms with E-state index in [1.54, 1.807) is 0 Å². The largest absolute Gasteiger partial charge is 0.0558 e. The van der Waals surface area contributed by atoms with Gasteiger partial charge in [0, 0.05) is 23.7 Å². The molecular formula is C40H48. The summed E-state index contributed by atoms with van der Waals surface area (Å²) in [5.74, 6) is 1.32. The Balaban J connectivity index is 1.88. The molecule has 8 bridgehead atoms. The highest BCUT2D eigenvalue weighted by Crippen LogP contribution is 2.41. The van der Waals surface area contributed by atoms with Crippen LogP contribution >= 0.6 is 0 Å². The molecule has 1 aliphatic carbocycles. The number of hydrogen-bond donors (Lipinski definition) is 0. The smallest absolute Gasteiger partial charge is 0.00664 e. The van der Waals surface area contributed by atoms with E-state index in [4.69, 9.17) is 0 Å². The van der Waals surface area contributed by atoms with Crippen LogP contribution in [0.15, 0.2) is 48.5 Å². The van der Waals surface area contributed by atoms with Gasteiger partial charge in [0.15, 0.2) is 0 Å². The van der Waals surface area contributed by atoms with Crippen LogP contribution in [0.3, 0.4) is 0 Å². The minimum atomic E-state index is 0.329. The molecule has 0 amide bonds. The van der Waals surface area contributed by atoms with Crippen molar-refractivity contribution in [2.24, 2.45) is 0 Å². The van der Waals surface area contributed by atoms with Crippen molar-refractivity contribution in [3.05, 3.63) is 138 Å². The molecule has 0 fully saturated rings. The summed E-state index contributed by atoms with van der Waals surface area (Å²) < 4.78 is 0. The molecule has 0 heterocycles. The van der Waals surface area contributed by atoms with E-state index in [2.05, 4.69) is 132 Å². The lowest BCUT2D eigenvalue weighted by Crippen LogP contribution is -2.11. The highest BCUT2D eigenvalue weighted by Gasteiger charge is 2.25. The van der Waals surface area contributed by atoms with Crippen LogP contribution < -0.4 is 0 Å². The molecule has 0 saturated carbocycles. The number of hydrogen-bond acceptors (Lipinski definition) is 0. The van der Waals surface area contributed by atoms with E-state index in [9.17, 15) is 0 Å². The summed E-state index contributed by atoms with van der Waals surface area (Å²) in [4.78, 5) is 0. The van der Waals surface area contributed by atoms with Gasteiger partial charge in [0.2, 0.25) is 0 Å². The van der Waals surface area contributed by atoms with Crippen LogP contribution in [0.5, 0.6) is 0 Å². The topological polar surface area (TPSA) is 0 Å². The van der Waals surface area contributed by atoms with E-state index in [-0.39, 0.29) is 0 Å². The third kappa shape index (κ3) is 4.64. The maximum Gasteiger partial charge on any atom is 0.00664 e. The molecule has 4 aromatic rings. The number of fused-ring (bicyclic) bond motifs is 8. The third-order valence-corrected chi connectivity index (χ3v) is 10.4. The molecule has 0 heteroatoms. The minimum absolute atomic E-state index is 0.329. The van der Waals surface area contributed by atoms with Gasteiger partial charge in [-0.15, -0.1) is 0 Å². The second-order valence-corrected chi connectivity index (χ2v) is 13.1. The van der Waals surface area contributed by atoms with Crippen LogP contribution in [0.2, 0.25) is 0 Å². The SMILES string of the molecule is Cc1cc(C)c2cc1C(C)c1cc(c(C)cc1C)C(C)c1cc(c(C)cc1C)C(C)c1cc(c(C)cc1C)C2C. The Kier molecular flexibility index (Phi) is 7.37. The average Bonchev–Trinajstić information content (AvgIpc) is 2.87.